The lowest BCUT2D eigenvalue weighted by Crippen LogP contribution is -2.33. The van der Waals surface area contributed by atoms with Crippen LogP contribution in [0.5, 0.6) is 0 Å². The topological polar surface area (TPSA) is 32.3 Å². The van der Waals surface area contributed by atoms with Gasteiger partial charge in [-0.2, -0.15) is 11.8 Å². The number of nitrogens with zero attached hydrogens (tertiary/aromatic N) is 4. The van der Waals surface area contributed by atoms with Gasteiger partial charge in [-0.05, 0) is 50.6 Å². The third-order valence-corrected chi connectivity index (χ3v) is 6.56. The van der Waals surface area contributed by atoms with Crippen LogP contribution in [0.2, 0.25) is 0 Å². The molecule has 2 aromatic rings. The predicted octanol–water partition coefficient (Wildman–Crippen LogP) is 4.24. The van der Waals surface area contributed by atoms with Crippen molar-refractivity contribution in [1.29, 1.82) is 0 Å². The number of anilines is 1. The van der Waals surface area contributed by atoms with Gasteiger partial charge in [-0.3, -0.25) is 4.90 Å². The van der Waals surface area contributed by atoms with Crippen molar-refractivity contribution in [3.63, 3.8) is 0 Å². The quantitative estimate of drug-likeness (QED) is 0.806. The summed E-state index contributed by atoms with van der Waals surface area (Å²) in [5.74, 6) is 3.37. The van der Waals surface area contributed by atoms with Gasteiger partial charge in [0.25, 0.3) is 0 Å². The fraction of sp³-hybridized carbons (Fsp3) is 0.524. The molecule has 1 atom stereocenters. The van der Waals surface area contributed by atoms with Crippen molar-refractivity contribution in [2.75, 3.05) is 42.6 Å². The van der Waals surface area contributed by atoms with Crippen molar-refractivity contribution >= 4 is 17.6 Å². The predicted molar refractivity (Wildman–Crippen MR) is 111 cm³/mol. The van der Waals surface area contributed by atoms with E-state index in [1.54, 1.807) is 0 Å². The van der Waals surface area contributed by atoms with E-state index in [1.807, 2.05) is 11.8 Å². The first-order valence-electron chi connectivity index (χ1n) is 9.82. The number of piperidine rings is 1. The Labute approximate surface area is 161 Å². The molecule has 0 unspecified atom stereocenters. The SMILES string of the molecule is C[C@@H](c1ccc(-c2ccc(N3CCSCC3)nn2)cc1)N1CCCCC1. The van der Waals surface area contributed by atoms with E-state index in [4.69, 9.17) is 0 Å². The molecule has 0 N–H and O–H groups in total. The first kappa shape index (κ1) is 17.8. The zero-order chi connectivity index (χ0) is 17.8. The van der Waals surface area contributed by atoms with Crippen molar-refractivity contribution in [2.45, 2.75) is 32.2 Å². The fourth-order valence-electron chi connectivity index (χ4n) is 3.89. The zero-order valence-electron chi connectivity index (χ0n) is 15.6. The van der Waals surface area contributed by atoms with Crippen molar-refractivity contribution in [3.8, 4) is 11.3 Å². The highest BCUT2D eigenvalue weighted by atomic mass is 32.2. The second-order valence-corrected chi connectivity index (χ2v) is 8.50. The number of hydrogen-bond donors (Lipinski definition) is 0. The monoisotopic (exact) mass is 368 g/mol. The van der Waals surface area contributed by atoms with Gasteiger partial charge >= 0.3 is 0 Å². The fourth-order valence-corrected chi connectivity index (χ4v) is 4.79. The van der Waals surface area contributed by atoms with Crippen LogP contribution in [0.1, 0.15) is 37.8 Å². The molecule has 2 aliphatic heterocycles. The van der Waals surface area contributed by atoms with E-state index in [2.05, 4.69) is 63.3 Å². The maximum absolute atomic E-state index is 4.48. The van der Waals surface area contributed by atoms with Gasteiger partial charge in [-0.25, -0.2) is 0 Å². The highest BCUT2D eigenvalue weighted by Crippen LogP contribution is 2.26. The lowest BCUT2D eigenvalue weighted by atomic mass is 10.0. The number of aromatic nitrogens is 2. The number of likely N-dealkylation sites (tertiary alicyclic amines) is 1. The van der Waals surface area contributed by atoms with Gasteiger partial charge in [0.15, 0.2) is 5.82 Å². The minimum Gasteiger partial charge on any atom is -0.353 e. The van der Waals surface area contributed by atoms with Crippen LogP contribution in [-0.2, 0) is 0 Å². The molecular weight excluding hydrogens is 340 g/mol. The van der Waals surface area contributed by atoms with Gasteiger partial charge in [0.1, 0.15) is 0 Å². The maximum Gasteiger partial charge on any atom is 0.151 e. The summed E-state index contributed by atoms with van der Waals surface area (Å²) in [4.78, 5) is 4.93. The summed E-state index contributed by atoms with van der Waals surface area (Å²) < 4.78 is 0. The van der Waals surface area contributed by atoms with Crippen LogP contribution in [0.4, 0.5) is 5.82 Å². The molecule has 2 saturated heterocycles. The summed E-state index contributed by atoms with van der Waals surface area (Å²) >= 11 is 2.01. The Morgan fingerprint density at radius 2 is 1.58 bits per heavy atom. The van der Waals surface area contributed by atoms with Crippen LogP contribution in [0.3, 0.4) is 0 Å². The molecular formula is C21H28N4S. The summed E-state index contributed by atoms with van der Waals surface area (Å²) in [6.07, 6.45) is 4.05. The molecule has 2 fully saturated rings. The van der Waals surface area contributed by atoms with Crippen molar-refractivity contribution in [1.82, 2.24) is 15.1 Å². The van der Waals surface area contributed by atoms with E-state index < -0.39 is 0 Å². The normalized spacial score (nSPS) is 20.1. The summed E-state index contributed by atoms with van der Waals surface area (Å²) in [5.41, 5.74) is 3.50. The Kier molecular flexibility index (Phi) is 5.75. The lowest BCUT2D eigenvalue weighted by molar-refractivity contribution is 0.175. The first-order chi connectivity index (χ1) is 12.8. The van der Waals surface area contributed by atoms with Crippen molar-refractivity contribution in [2.24, 2.45) is 0 Å². The lowest BCUT2D eigenvalue weighted by Gasteiger charge is -2.32. The van der Waals surface area contributed by atoms with Crippen LogP contribution in [0.25, 0.3) is 11.3 Å². The first-order valence-corrected chi connectivity index (χ1v) is 11.0. The van der Waals surface area contributed by atoms with E-state index in [-0.39, 0.29) is 0 Å². The van der Waals surface area contributed by atoms with Gasteiger partial charge in [0.05, 0.1) is 5.69 Å². The van der Waals surface area contributed by atoms with E-state index >= 15 is 0 Å². The highest BCUT2D eigenvalue weighted by Gasteiger charge is 2.18. The number of benzene rings is 1. The second kappa shape index (κ2) is 8.40. The van der Waals surface area contributed by atoms with Gasteiger partial charge in [-0.15, -0.1) is 10.2 Å². The standard InChI is InChI=1S/C21H28N4S/c1-17(24-11-3-2-4-12-24)18-5-7-19(8-6-18)20-9-10-21(23-22-20)25-13-15-26-16-14-25/h5-10,17H,2-4,11-16H2,1H3/t17-/m0/s1. The Bertz CT molecular complexity index is 689. The summed E-state index contributed by atoms with van der Waals surface area (Å²) in [5, 5.41) is 8.95. The Balaban J connectivity index is 1.44. The third kappa shape index (κ3) is 4.04. The summed E-state index contributed by atoms with van der Waals surface area (Å²) in [7, 11) is 0. The van der Waals surface area contributed by atoms with Crippen LogP contribution in [-0.4, -0.2) is 52.8 Å². The number of thioether (sulfide) groups is 1. The highest BCUT2D eigenvalue weighted by molar-refractivity contribution is 7.99. The average Bonchev–Trinajstić information content (AvgIpc) is 2.75. The van der Waals surface area contributed by atoms with Gasteiger partial charge < -0.3 is 4.90 Å². The van der Waals surface area contributed by atoms with E-state index in [1.165, 1.54) is 49.4 Å². The van der Waals surface area contributed by atoms with Gasteiger partial charge in [-0.1, -0.05) is 30.7 Å². The van der Waals surface area contributed by atoms with Crippen LogP contribution < -0.4 is 4.90 Å². The molecule has 1 aromatic heterocycles. The average molecular weight is 369 g/mol. The maximum atomic E-state index is 4.48. The summed E-state index contributed by atoms with van der Waals surface area (Å²) in [6, 6.07) is 13.6. The Morgan fingerprint density at radius 1 is 0.846 bits per heavy atom. The molecule has 5 heteroatoms. The molecule has 1 aromatic carbocycles. The molecule has 0 bridgehead atoms. The molecule has 138 valence electrons. The Morgan fingerprint density at radius 3 is 2.23 bits per heavy atom. The molecule has 0 spiro atoms. The molecule has 4 nitrogen and oxygen atoms in total. The van der Waals surface area contributed by atoms with Crippen LogP contribution in [0.15, 0.2) is 36.4 Å². The molecule has 0 saturated carbocycles. The van der Waals surface area contributed by atoms with Crippen LogP contribution in [0, 0.1) is 0 Å². The van der Waals surface area contributed by atoms with E-state index in [9.17, 15) is 0 Å². The smallest absolute Gasteiger partial charge is 0.151 e. The van der Waals surface area contributed by atoms with Crippen molar-refractivity contribution < 1.29 is 0 Å². The van der Waals surface area contributed by atoms with E-state index in [0.717, 1.165) is 30.2 Å². The molecule has 3 heterocycles. The summed E-state index contributed by atoms with van der Waals surface area (Å²) in [6.45, 7) is 6.92. The Hall–Kier alpha value is -1.59. The molecule has 0 amide bonds. The molecule has 0 radical (unpaired) electrons. The largest absolute Gasteiger partial charge is 0.353 e. The molecule has 4 rings (SSSR count). The number of hydrogen-bond acceptors (Lipinski definition) is 5. The zero-order valence-corrected chi connectivity index (χ0v) is 16.4. The van der Waals surface area contributed by atoms with Gasteiger partial charge in [0.2, 0.25) is 0 Å². The van der Waals surface area contributed by atoms with Crippen molar-refractivity contribution in [3.05, 3.63) is 42.0 Å². The third-order valence-electron chi connectivity index (χ3n) is 5.61. The van der Waals surface area contributed by atoms with E-state index in [0.29, 0.717) is 6.04 Å². The second-order valence-electron chi connectivity index (χ2n) is 7.27. The van der Waals surface area contributed by atoms with Gasteiger partial charge in [0, 0.05) is 36.2 Å². The molecule has 2 aliphatic rings. The molecule has 26 heavy (non-hydrogen) atoms. The number of rotatable bonds is 4. The van der Waals surface area contributed by atoms with Crippen LogP contribution >= 0.6 is 11.8 Å². The minimum absolute atomic E-state index is 0.495. The molecule has 0 aliphatic carbocycles. The minimum atomic E-state index is 0.495.